The third-order valence-electron chi connectivity index (χ3n) is 2.42. The van der Waals surface area contributed by atoms with Gasteiger partial charge in [-0.1, -0.05) is 18.2 Å². The molecule has 0 bridgehead atoms. The number of rotatable bonds is 2. The molecule has 0 aliphatic rings. The lowest BCUT2D eigenvalue weighted by Crippen LogP contribution is -2.30. The molecule has 3 heteroatoms. The van der Waals surface area contributed by atoms with Crippen LogP contribution in [-0.2, 0) is 0 Å². The molecule has 84 valence electrons. The van der Waals surface area contributed by atoms with Crippen molar-refractivity contribution in [2.24, 2.45) is 0 Å². The Morgan fingerprint density at radius 2 is 2.00 bits per heavy atom. The normalized spacial score (nSPS) is 11.0. The number of hydrogen-bond acceptors (Lipinski definition) is 2. The molecule has 0 saturated carbocycles. The smallest absolute Gasteiger partial charge is 0.255 e. The van der Waals surface area contributed by atoms with E-state index in [0.717, 1.165) is 11.0 Å². The van der Waals surface area contributed by atoms with Crippen LogP contribution in [0.25, 0.3) is 11.0 Å². The lowest BCUT2D eigenvalue weighted by molar-refractivity contribution is 0.0943. The van der Waals surface area contributed by atoms with Gasteiger partial charge in [-0.25, -0.2) is 0 Å². The summed E-state index contributed by atoms with van der Waals surface area (Å²) in [6, 6.07) is 7.70. The van der Waals surface area contributed by atoms with Gasteiger partial charge in [0, 0.05) is 11.4 Å². The highest BCUT2D eigenvalue weighted by Gasteiger charge is 2.17. The Labute approximate surface area is 94.4 Å². The summed E-state index contributed by atoms with van der Waals surface area (Å²) in [5, 5.41) is 3.75. The summed E-state index contributed by atoms with van der Waals surface area (Å²) in [4.78, 5) is 12.0. The van der Waals surface area contributed by atoms with Gasteiger partial charge in [0.05, 0.1) is 5.56 Å². The molecule has 3 nitrogen and oxygen atoms in total. The number of nitrogens with one attached hydrogen (secondary N) is 1. The van der Waals surface area contributed by atoms with Crippen LogP contribution in [0.2, 0.25) is 0 Å². The van der Waals surface area contributed by atoms with Crippen LogP contribution in [0.1, 0.15) is 30.0 Å². The third-order valence-corrected chi connectivity index (χ3v) is 2.42. The minimum Gasteiger partial charge on any atom is -0.461 e. The molecule has 16 heavy (non-hydrogen) atoms. The van der Waals surface area contributed by atoms with E-state index in [2.05, 4.69) is 5.32 Å². The van der Waals surface area contributed by atoms with E-state index in [0.29, 0.717) is 11.3 Å². The maximum Gasteiger partial charge on any atom is 0.255 e. The molecule has 0 atom stereocenters. The highest BCUT2D eigenvalue weighted by molar-refractivity contribution is 6.07. The third kappa shape index (κ3) is 1.81. The number of benzene rings is 1. The fourth-order valence-electron chi connectivity index (χ4n) is 1.78. The van der Waals surface area contributed by atoms with Crippen LogP contribution in [0.3, 0.4) is 0 Å². The van der Waals surface area contributed by atoms with Gasteiger partial charge in [0.15, 0.2) is 0 Å². The quantitative estimate of drug-likeness (QED) is 0.840. The van der Waals surface area contributed by atoms with Gasteiger partial charge in [0.25, 0.3) is 5.91 Å². The maximum absolute atomic E-state index is 12.0. The number of fused-ring (bicyclic) bond motifs is 1. The molecule has 0 aliphatic heterocycles. The van der Waals surface area contributed by atoms with Crippen molar-refractivity contribution in [3.8, 4) is 0 Å². The zero-order valence-corrected chi connectivity index (χ0v) is 9.70. The second-order valence-electron chi connectivity index (χ2n) is 4.16. The lowest BCUT2D eigenvalue weighted by Gasteiger charge is -2.07. The Kier molecular flexibility index (Phi) is 2.69. The first-order valence-electron chi connectivity index (χ1n) is 5.38. The summed E-state index contributed by atoms with van der Waals surface area (Å²) in [6.07, 6.45) is 0. The Morgan fingerprint density at radius 3 is 2.69 bits per heavy atom. The molecule has 2 aromatic rings. The number of carbonyl (C=O) groups excluding carboxylic acids is 1. The van der Waals surface area contributed by atoms with Gasteiger partial charge in [0.1, 0.15) is 11.3 Å². The van der Waals surface area contributed by atoms with Crippen molar-refractivity contribution in [2.45, 2.75) is 26.8 Å². The largest absolute Gasteiger partial charge is 0.461 e. The molecule has 1 aromatic carbocycles. The van der Waals surface area contributed by atoms with Crippen LogP contribution in [0.15, 0.2) is 28.7 Å². The Hall–Kier alpha value is -1.77. The second-order valence-corrected chi connectivity index (χ2v) is 4.16. The molecule has 0 aliphatic carbocycles. The monoisotopic (exact) mass is 217 g/mol. The molecule has 1 aromatic heterocycles. The Bertz CT molecular complexity index is 526. The van der Waals surface area contributed by atoms with Crippen LogP contribution in [0.4, 0.5) is 0 Å². The van der Waals surface area contributed by atoms with Gasteiger partial charge >= 0.3 is 0 Å². The van der Waals surface area contributed by atoms with E-state index < -0.39 is 0 Å². The molecule has 0 radical (unpaired) electrons. The first kappa shape index (κ1) is 10.7. The molecule has 1 amide bonds. The zero-order valence-electron chi connectivity index (χ0n) is 9.70. The molecular weight excluding hydrogens is 202 g/mol. The molecule has 0 saturated heterocycles. The fraction of sp³-hybridized carbons (Fsp3) is 0.308. The molecular formula is C13H15NO2. The zero-order chi connectivity index (χ0) is 11.7. The summed E-state index contributed by atoms with van der Waals surface area (Å²) >= 11 is 0. The minimum atomic E-state index is -0.0718. The van der Waals surface area contributed by atoms with Gasteiger partial charge in [-0.2, -0.15) is 0 Å². The summed E-state index contributed by atoms with van der Waals surface area (Å²) in [6.45, 7) is 5.69. The van der Waals surface area contributed by atoms with Crippen LogP contribution in [-0.4, -0.2) is 11.9 Å². The standard InChI is InChI=1S/C13H15NO2/c1-8(2)14-13(15)12-9(3)16-11-7-5-4-6-10(11)12/h4-8H,1-3H3,(H,14,15). The SMILES string of the molecule is Cc1oc2ccccc2c1C(=O)NC(C)C. The number of hydrogen-bond donors (Lipinski definition) is 1. The minimum absolute atomic E-state index is 0.0718. The van der Waals surface area contributed by atoms with Crippen LogP contribution < -0.4 is 5.32 Å². The number of aryl methyl sites for hydroxylation is 1. The predicted octanol–water partition coefficient (Wildman–Crippen LogP) is 2.88. The van der Waals surface area contributed by atoms with Crippen molar-refractivity contribution >= 4 is 16.9 Å². The molecule has 2 rings (SSSR count). The Morgan fingerprint density at radius 1 is 1.31 bits per heavy atom. The fourth-order valence-corrected chi connectivity index (χ4v) is 1.78. The van der Waals surface area contributed by atoms with Gasteiger partial charge in [0.2, 0.25) is 0 Å². The van der Waals surface area contributed by atoms with Crippen molar-refractivity contribution in [3.05, 3.63) is 35.6 Å². The highest BCUT2D eigenvalue weighted by Crippen LogP contribution is 2.24. The number of para-hydroxylation sites is 1. The van der Waals surface area contributed by atoms with E-state index >= 15 is 0 Å². The molecule has 1 N–H and O–H groups in total. The van der Waals surface area contributed by atoms with Crippen molar-refractivity contribution in [1.29, 1.82) is 0 Å². The van der Waals surface area contributed by atoms with E-state index in [9.17, 15) is 4.79 Å². The first-order chi connectivity index (χ1) is 7.59. The van der Waals surface area contributed by atoms with E-state index in [-0.39, 0.29) is 11.9 Å². The molecule has 0 spiro atoms. The van der Waals surface area contributed by atoms with Crippen LogP contribution in [0.5, 0.6) is 0 Å². The summed E-state index contributed by atoms with van der Waals surface area (Å²) in [5.74, 6) is 0.594. The van der Waals surface area contributed by atoms with Crippen molar-refractivity contribution in [2.75, 3.05) is 0 Å². The predicted molar refractivity (Wildman–Crippen MR) is 63.6 cm³/mol. The highest BCUT2D eigenvalue weighted by atomic mass is 16.3. The molecule has 0 fully saturated rings. The first-order valence-corrected chi connectivity index (χ1v) is 5.38. The van der Waals surface area contributed by atoms with Gasteiger partial charge in [-0.3, -0.25) is 4.79 Å². The van der Waals surface area contributed by atoms with Gasteiger partial charge in [-0.15, -0.1) is 0 Å². The average molecular weight is 217 g/mol. The van der Waals surface area contributed by atoms with E-state index in [1.807, 2.05) is 45.0 Å². The average Bonchev–Trinajstić information content (AvgIpc) is 2.52. The Balaban J connectivity index is 2.51. The molecule has 0 unspecified atom stereocenters. The van der Waals surface area contributed by atoms with E-state index in [1.54, 1.807) is 0 Å². The van der Waals surface area contributed by atoms with Crippen LogP contribution in [0, 0.1) is 6.92 Å². The lowest BCUT2D eigenvalue weighted by atomic mass is 10.1. The summed E-state index contributed by atoms with van der Waals surface area (Å²) in [7, 11) is 0. The van der Waals surface area contributed by atoms with Crippen molar-refractivity contribution < 1.29 is 9.21 Å². The number of amides is 1. The van der Waals surface area contributed by atoms with Gasteiger partial charge < -0.3 is 9.73 Å². The van der Waals surface area contributed by atoms with Gasteiger partial charge in [-0.05, 0) is 26.8 Å². The number of carbonyl (C=O) groups is 1. The van der Waals surface area contributed by atoms with Crippen molar-refractivity contribution in [1.82, 2.24) is 5.32 Å². The maximum atomic E-state index is 12.0. The van der Waals surface area contributed by atoms with Crippen LogP contribution >= 0.6 is 0 Å². The van der Waals surface area contributed by atoms with E-state index in [1.165, 1.54) is 0 Å². The molecule has 1 heterocycles. The van der Waals surface area contributed by atoms with Crippen molar-refractivity contribution in [3.63, 3.8) is 0 Å². The summed E-state index contributed by atoms with van der Waals surface area (Å²) in [5.41, 5.74) is 1.40. The summed E-state index contributed by atoms with van der Waals surface area (Å²) < 4.78 is 5.54. The number of furan rings is 1. The topological polar surface area (TPSA) is 42.2 Å². The second kappa shape index (κ2) is 4.00. The van der Waals surface area contributed by atoms with E-state index in [4.69, 9.17) is 4.42 Å².